The standard InChI is InChI=1S/C12H14N2O/c1-13-12-14-10-6-8-4-2-3-5-9(8)7-11(10)15-12/h6-7H,2-5H2,1H3,(H,13,14). The van der Waals surface area contributed by atoms with E-state index in [4.69, 9.17) is 4.42 Å². The molecule has 0 aliphatic heterocycles. The Morgan fingerprint density at radius 2 is 1.93 bits per heavy atom. The Kier molecular flexibility index (Phi) is 1.91. The Morgan fingerprint density at radius 1 is 1.20 bits per heavy atom. The van der Waals surface area contributed by atoms with Gasteiger partial charge in [-0.05, 0) is 48.9 Å². The van der Waals surface area contributed by atoms with Gasteiger partial charge in [-0.3, -0.25) is 0 Å². The molecule has 0 unspecified atom stereocenters. The number of hydrogen-bond acceptors (Lipinski definition) is 3. The molecule has 2 aromatic rings. The summed E-state index contributed by atoms with van der Waals surface area (Å²) in [6.45, 7) is 0. The van der Waals surface area contributed by atoms with Crippen molar-refractivity contribution in [3.63, 3.8) is 0 Å². The third-order valence-corrected chi connectivity index (χ3v) is 3.07. The lowest BCUT2D eigenvalue weighted by atomic mass is 9.91. The van der Waals surface area contributed by atoms with Crippen molar-refractivity contribution in [2.45, 2.75) is 25.7 Å². The first kappa shape index (κ1) is 8.77. The predicted octanol–water partition coefficient (Wildman–Crippen LogP) is 2.75. The van der Waals surface area contributed by atoms with Crippen LogP contribution in [0.15, 0.2) is 16.5 Å². The van der Waals surface area contributed by atoms with Crippen LogP contribution in [0.25, 0.3) is 11.1 Å². The Labute approximate surface area is 88.5 Å². The molecule has 3 heteroatoms. The summed E-state index contributed by atoms with van der Waals surface area (Å²) >= 11 is 0. The molecule has 3 rings (SSSR count). The molecule has 0 spiro atoms. The normalized spacial score (nSPS) is 15.3. The van der Waals surface area contributed by atoms with Crippen molar-refractivity contribution in [2.75, 3.05) is 12.4 Å². The van der Waals surface area contributed by atoms with E-state index in [9.17, 15) is 0 Å². The van der Waals surface area contributed by atoms with Gasteiger partial charge in [0.05, 0.1) is 0 Å². The van der Waals surface area contributed by atoms with E-state index in [2.05, 4.69) is 22.4 Å². The first-order chi connectivity index (χ1) is 7.36. The van der Waals surface area contributed by atoms with Crippen LogP contribution in [0.5, 0.6) is 0 Å². The molecule has 1 N–H and O–H groups in total. The van der Waals surface area contributed by atoms with E-state index in [1.165, 1.54) is 36.8 Å². The molecule has 0 amide bonds. The SMILES string of the molecule is CNc1nc2cc3c(cc2o1)CCCC3. The quantitative estimate of drug-likeness (QED) is 0.772. The van der Waals surface area contributed by atoms with Crippen LogP contribution in [0.3, 0.4) is 0 Å². The molecule has 3 nitrogen and oxygen atoms in total. The van der Waals surface area contributed by atoms with Crippen LogP contribution in [-0.2, 0) is 12.8 Å². The highest BCUT2D eigenvalue weighted by Gasteiger charge is 2.13. The summed E-state index contributed by atoms with van der Waals surface area (Å²) in [6, 6.07) is 4.93. The topological polar surface area (TPSA) is 38.1 Å². The Morgan fingerprint density at radius 3 is 2.67 bits per heavy atom. The van der Waals surface area contributed by atoms with E-state index in [0.29, 0.717) is 6.01 Å². The molecule has 1 aliphatic rings. The van der Waals surface area contributed by atoms with Crippen LogP contribution in [0, 0.1) is 0 Å². The van der Waals surface area contributed by atoms with E-state index in [-0.39, 0.29) is 0 Å². The Hall–Kier alpha value is -1.51. The van der Waals surface area contributed by atoms with Gasteiger partial charge in [0, 0.05) is 7.05 Å². The van der Waals surface area contributed by atoms with Crippen molar-refractivity contribution in [1.29, 1.82) is 0 Å². The molecule has 0 radical (unpaired) electrons. The number of hydrogen-bond donors (Lipinski definition) is 1. The first-order valence-electron chi connectivity index (χ1n) is 5.47. The van der Waals surface area contributed by atoms with E-state index < -0.39 is 0 Å². The second-order valence-corrected chi connectivity index (χ2v) is 4.06. The van der Waals surface area contributed by atoms with Gasteiger partial charge in [-0.2, -0.15) is 4.98 Å². The van der Waals surface area contributed by atoms with E-state index in [1.807, 2.05) is 7.05 Å². The van der Waals surface area contributed by atoms with Crippen molar-refractivity contribution in [3.05, 3.63) is 23.3 Å². The van der Waals surface area contributed by atoms with E-state index >= 15 is 0 Å². The minimum Gasteiger partial charge on any atom is -0.424 e. The van der Waals surface area contributed by atoms with E-state index in [0.717, 1.165) is 11.1 Å². The van der Waals surface area contributed by atoms with Gasteiger partial charge in [0.1, 0.15) is 5.52 Å². The smallest absolute Gasteiger partial charge is 0.295 e. The summed E-state index contributed by atoms with van der Waals surface area (Å²) in [5.74, 6) is 0. The summed E-state index contributed by atoms with van der Waals surface area (Å²) in [5, 5.41) is 2.93. The van der Waals surface area contributed by atoms with Crippen molar-refractivity contribution in [3.8, 4) is 0 Å². The van der Waals surface area contributed by atoms with Crippen molar-refractivity contribution < 1.29 is 4.42 Å². The molecule has 1 heterocycles. The highest BCUT2D eigenvalue weighted by atomic mass is 16.4. The predicted molar refractivity (Wildman–Crippen MR) is 60.2 cm³/mol. The monoisotopic (exact) mass is 202 g/mol. The lowest BCUT2D eigenvalue weighted by Gasteiger charge is -2.14. The van der Waals surface area contributed by atoms with Gasteiger partial charge in [0.15, 0.2) is 5.58 Å². The number of nitrogens with zero attached hydrogens (tertiary/aromatic N) is 1. The molecular formula is C12H14N2O. The van der Waals surface area contributed by atoms with Gasteiger partial charge < -0.3 is 9.73 Å². The molecule has 0 atom stereocenters. The molecule has 0 saturated heterocycles. The second kappa shape index (κ2) is 3.26. The maximum absolute atomic E-state index is 5.56. The fraction of sp³-hybridized carbons (Fsp3) is 0.417. The number of anilines is 1. The summed E-state index contributed by atoms with van der Waals surface area (Å²) in [6.07, 6.45) is 4.97. The summed E-state index contributed by atoms with van der Waals surface area (Å²) < 4.78 is 5.56. The molecule has 1 aliphatic carbocycles. The van der Waals surface area contributed by atoms with Gasteiger partial charge in [0.25, 0.3) is 6.01 Å². The number of aromatic nitrogens is 1. The average molecular weight is 202 g/mol. The average Bonchev–Trinajstić information content (AvgIpc) is 2.67. The minimum atomic E-state index is 0.604. The molecule has 78 valence electrons. The summed E-state index contributed by atoms with van der Waals surface area (Å²) in [4.78, 5) is 4.36. The number of aryl methyl sites for hydroxylation is 2. The second-order valence-electron chi connectivity index (χ2n) is 4.06. The number of rotatable bonds is 1. The molecule has 0 bridgehead atoms. The van der Waals surface area contributed by atoms with E-state index in [1.54, 1.807) is 0 Å². The minimum absolute atomic E-state index is 0.604. The maximum atomic E-state index is 5.56. The lowest BCUT2D eigenvalue weighted by molar-refractivity contribution is 0.618. The number of benzene rings is 1. The van der Waals surface area contributed by atoms with Crippen LogP contribution < -0.4 is 5.32 Å². The van der Waals surface area contributed by atoms with Crippen LogP contribution in [0.4, 0.5) is 6.01 Å². The first-order valence-corrected chi connectivity index (χ1v) is 5.47. The molecule has 1 aromatic carbocycles. The third-order valence-electron chi connectivity index (χ3n) is 3.07. The van der Waals surface area contributed by atoms with Gasteiger partial charge in [0.2, 0.25) is 0 Å². The number of nitrogens with one attached hydrogen (secondary N) is 1. The van der Waals surface area contributed by atoms with Gasteiger partial charge >= 0.3 is 0 Å². The van der Waals surface area contributed by atoms with Crippen molar-refractivity contribution in [1.82, 2.24) is 4.98 Å². The van der Waals surface area contributed by atoms with Crippen LogP contribution in [-0.4, -0.2) is 12.0 Å². The van der Waals surface area contributed by atoms with Crippen molar-refractivity contribution in [2.24, 2.45) is 0 Å². The van der Waals surface area contributed by atoms with Gasteiger partial charge in [-0.1, -0.05) is 0 Å². The lowest BCUT2D eigenvalue weighted by Crippen LogP contribution is -2.01. The fourth-order valence-corrected chi connectivity index (χ4v) is 2.26. The highest BCUT2D eigenvalue weighted by Crippen LogP contribution is 2.27. The van der Waals surface area contributed by atoms with Crippen LogP contribution in [0.1, 0.15) is 24.0 Å². The molecule has 0 saturated carbocycles. The van der Waals surface area contributed by atoms with Crippen molar-refractivity contribution >= 4 is 17.1 Å². The van der Waals surface area contributed by atoms with Gasteiger partial charge in [-0.25, -0.2) is 0 Å². The maximum Gasteiger partial charge on any atom is 0.295 e. The zero-order chi connectivity index (χ0) is 10.3. The summed E-state index contributed by atoms with van der Waals surface area (Å²) in [7, 11) is 1.82. The summed E-state index contributed by atoms with van der Waals surface area (Å²) in [5.41, 5.74) is 4.76. The fourth-order valence-electron chi connectivity index (χ4n) is 2.26. The van der Waals surface area contributed by atoms with Gasteiger partial charge in [-0.15, -0.1) is 0 Å². The zero-order valence-electron chi connectivity index (χ0n) is 8.84. The molecular weight excluding hydrogens is 188 g/mol. The Bertz CT molecular complexity index is 459. The molecule has 0 fully saturated rings. The Balaban J connectivity index is 2.19. The third kappa shape index (κ3) is 1.39. The number of fused-ring (bicyclic) bond motifs is 2. The number of oxazole rings is 1. The molecule has 1 aromatic heterocycles. The van der Waals surface area contributed by atoms with Crippen LogP contribution in [0.2, 0.25) is 0 Å². The molecule has 15 heavy (non-hydrogen) atoms. The zero-order valence-corrected chi connectivity index (χ0v) is 8.84. The van der Waals surface area contributed by atoms with Crippen LogP contribution >= 0.6 is 0 Å². The highest BCUT2D eigenvalue weighted by molar-refractivity contribution is 5.76. The largest absolute Gasteiger partial charge is 0.424 e.